The van der Waals surface area contributed by atoms with Gasteiger partial charge in [0.1, 0.15) is 12.1 Å². The molecule has 6 heteroatoms. The van der Waals surface area contributed by atoms with E-state index in [1.807, 2.05) is 20.8 Å². The molecule has 0 bridgehead atoms. The van der Waals surface area contributed by atoms with Crippen molar-refractivity contribution in [2.45, 2.75) is 45.8 Å². The van der Waals surface area contributed by atoms with Gasteiger partial charge in [0.15, 0.2) is 0 Å². The van der Waals surface area contributed by atoms with E-state index in [4.69, 9.17) is 9.94 Å². The van der Waals surface area contributed by atoms with E-state index in [0.29, 0.717) is 13.0 Å². The first-order valence-electron chi connectivity index (χ1n) is 6.33. The quantitative estimate of drug-likeness (QED) is 0.497. The van der Waals surface area contributed by atoms with E-state index >= 15 is 0 Å². The minimum absolute atomic E-state index is 0.0988. The second kappa shape index (κ2) is 9.27. The van der Waals surface area contributed by atoms with Crippen LogP contribution in [-0.2, 0) is 9.63 Å². The number of aliphatic hydroxyl groups excluding tert-OH is 2. The largest absolute Gasteiger partial charge is 0.480 e. The molecule has 3 N–H and O–H groups in total. The highest BCUT2D eigenvalue weighted by Crippen LogP contribution is 2.13. The van der Waals surface area contributed by atoms with Gasteiger partial charge in [0.25, 0.3) is 0 Å². The van der Waals surface area contributed by atoms with Gasteiger partial charge < -0.3 is 15.3 Å². The zero-order chi connectivity index (χ0) is 14.1. The first-order valence-corrected chi connectivity index (χ1v) is 6.33. The fourth-order valence-corrected chi connectivity index (χ4v) is 1.55. The maximum absolute atomic E-state index is 11.2. The molecule has 0 heterocycles. The van der Waals surface area contributed by atoms with Crippen LogP contribution in [0.4, 0.5) is 0 Å². The average molecular weight is 263 g/mol. The Morgan fingerprint density at radius 1 is 1.39 bits per heavy atom. The van der Waals surface area contributed by atoms with Crippen molar-refractivity contribution in [2.75, 3.05) is 19.8 Å². The van der Waals surface area contributed by atoms with Gasteiger partial charge in [-0.1, -0.05) is 20.8 Å². The molecule has 108 valence electrons. The second-order valence-electron chi connectivity index (χ2n) is 4.76. The molecule has 0 spiro atoms. The van der Waals surface area contributed by atoms with Crippen LogP contribution < -0.4 is 0 Å². The van der Waals surface area contributed by atoms with Crippen LogP contribution in [0.25, 0.3) is 0 Å². The highest BCUT2D eigenvalue weighted by molar-refractivity contribution is 5.73. The van der Waals surface area contributed by atoms with E-state index in [-0.39, 0.29) is 12.5 Å². The summed E-state index contributed by atoms with van der Waals surface area (Å²) in [5.74, 6) is -0.701. The molecule has 6 nitrogen and oxygen atoms in total. The van der Waals surface area contributed by atoms with E-state index in [1.165, 1.54) is 5.06 Å². The third kappa shape index (κ3) is 6.90. The topological polar surface area (TPSA) is 90.2 Å². The summed E-state index contributed by atoms with van der Waals surface area (Å²) in [6, 6.07) is -0.726. The highest BCUT2D eigenvalue weighted by atomic mass is 16.7. The molecule has 0 fully saturated rings. The highest BCUT2D eigenvalue weighted by Gasteiger charge is 2.27. The summed E-state index contributed by atoms with van der Waals surface area (Å²) in [6.45, 7) is 5.79. The summed E-state index contributed by atoms with van der Waals surface area (Å²) in [5, 5.41) is 28.5. The molecular formula is C12H25NO5. The molecule has 0 aliphatic rings. The van der Waals surface area contributed by atoms with Crippen LogP contribution in [-0.4, -0.2) is 58.3 Å². The molecule has 1 unspecified atom stereocenters. The van der Waals surface area contributed by atoms with E-state index in [0.717, 1.165) is 6.42 Å². The first kappa shape index (κ1) is 17.3. The Bertz CT molecular complexity index is 235. The van der Waals surface area contributed by atoms with Crippen LogP contribution in [0.1, 0.15) is 33.6 Å². The SMILES string of the molecule is CCCN(OCC(O)CO)[C@@H](CC(C)C)C(=O)O. The summed E-state index contributed by atoms with van der Waals surface area (Å²) in [4.78, 5) is 16.5. The molecule has 0 saturated carbocycles. The van der Waals surface area contributed by atoms with Crippen LogP contribution in [0.15, 0.2) is 0 Å². The molecule has 0 rings (SSSR count). The van der Waals surface area contributed by atoms with E-state index in [9.17, 15) is 15.0 Å². The van der Waals surface area contributed by atoms with Crippen LogP contribution in [0.5, 0.6) is 0 Å². The molecular weight excluding hydrogens is 238 g/mol. The molecule has 0 aromatic heterocycles. The number of hydrogen-bond acceptors (Lipinski definition) is 5. The molecule has 0 aliphatic carbocycles. The zero-order valence-corrected chi connectivity index (χ0v) is 11.4. The van der Waals surface area contributed by atoms with Crippen molar-refractivity contribution in [1.29, 1.82) is 0 Å². The Morgan fingerprint density at radius 2 is 2.00 bits per heavy atom. The lowest BCUT2D eigenvalue weighted by atomic mass is 10.0. The standard InChI is InChI=1S/C12H25NO5/c1-4-5-13(18-8-10(15)7-14)11(12(16)17)6-9(2)3/h9-11,14-15H,4-8H2,1-3H3,(H,16,17)/t10?,11-/m0/s1. The number of carbonyl (C=O) groups is 1. The minimum atomic E-state index is -0.988. The third-order valence-corrected chi connectivity index (χ3v) is 2.41. The molecule has 0 amide bonds. The van der Waals surface area contributed by atoms with Gasteiger partial charge in [-0.15, -0.1) is 0 Å². The molecule has 0 aliphatic heterocycles. The molecule has 0 aromatic rings. The molecule has 2 atom stereocenters. The Hall–Kier alpha value is -0.690. The average Bonchev–Trinajstić information content (AvgIpc) is 2.30. The zero-order valence-electron chi connectivity index (χ0n) is 11.4. The van der Waals surface area contributed by atoms with Crippen molar-refractivity contribution in [3.63, 3.8) is 0 Å². The van der Waals surface area contributed by atoms with Crippen LogP contribution in [0.3, 0.4) is 0 Å². The monoisotopic (exact) mass is 263 g/mol. The van der Waals surface area contributed by atoms with Crippen LogP contribution in [0.2, 0.25) is 0 Å². The summed E-state index contributed by atoms with van der Waals surface area (Å²) in [6.07, 6.45) is 0.236. The van der Waals surface area contributed by atoms with Gasteiger partial charge in [0, 0.05) is 6.54 Å². The van der Waals surface area contributed by atoms with Gasteiger partial charge >= 0.3 is 5.97 Å². The summed E-state index contributed by atoms with van der Waals surface area (Å²) in [7, 11) is 0. The van der Waals surface area contributed by atoms with Gasteiger partial charge in [-0.25, -0.2) is 0 Å². The fraction of sp³-hybridized carbons (Fsp3) is 0.917. The Balaban J connectivity index is 4.53. The lowest BCUT2D eigenvalue weighted by Crippen LogP contribution is -2.44. The third-order valence-electron chi connectivity index (χ3n) is 2.41. The van der Waals surface area contributed by atoms with E-state index in [2.05, 4.69) is 0 Å². The van der Waals surface area contributed by atoms with Crippen molar-refractivity contribution < 1.29 is 25.0 Å². The Labute approximate surface area is 108 Å². The fourth-order valence-electron chi connectivity index (χ4n) is 1.55. The molecule has 18 heavy (non-hydrogen) atoms. The maximum Gasteiger partial charge on any atom is 0.323 e. The first-order chi connectivity index (χ1) is 8.42. The number of hydroxylamine groups is 2. The number of rotatable bonds is 10. The molecule has 0 saturated heterocycles. The lowest BCUT2D eigenvalue weighted by molar-refractivity contribution is -0.215. The van der Waals surface area contributed by atoms with Crippen molar-refractivity contribution in [1.82, 2.24) is 5.06 Å². The normalized spacial score (nSPS) is 15.1. The maximum atomic E-state index is 11.2. The number of nitrogens with zero attached hydrogens (tertiary/aromatic N) is 1. The van der Waals surface area contributed by atoms with Crippen molar-refractivity contribution in [3.05, 3.63) is 0 Å². The van der Waals surface area contributed by atoms with Crippen molar-refractivity contribution >= 4 is 5.97 Å². The van der Waals surface area contributed by atoms with Crippen molar-refractivity contribution in [2.24, 2.45) is 5.92 Å². The number of aliphatic carboxylic acids is 1. The van der Waals surface area contributed by atoms with E-state index in [1.54, 1.807) is 0 Å². The van der Waals surface area contributed by atoms with Crippen LogP contribution >= 0.6 is 0 Å². The summed E-state index contributed by atoms with van der Waals surface area (Å²) in [5.41, 5.74) is 0. The minimum Gasteiger partial charge on any atom is -0.480 e. The number of carboxylic acid groups (broad SMARTS) is 1. The second-order valence-corrected chi connectivity index (χ2v) is 4.76. The summed E-state index contributed by atoms with van der Waals surface area (Å²) >= 11 is 0. The van der Waals surface area contributed by atoms with Gasteiger partial charge in [-0.2, -0.15) is 5.06 Å². The summed E-state index contributed by atoms with van der Waals surface area (Å²) < 4.78 is 0. The number of aliphatic hydroxyl groups is 2. The number of carboxylic acids is 1. The predicted octanol–water partition coefficient (Wildman–Crippen LogP) is 0.482. The number of hydrogen-bond donors (Lipinski definition) is 3. The van der Waals surface area contributed by atoms with Crippen LogP contribution in [0, 0.1) is 5.92 Å². The van der Waals surface area contributed by atoms with Crippen molar-refractivity contribution in [3.8, 4) is 0 Å². The Kier molecular flexibility index (Phi) is 8.91. The Morgan fingerprint density at radius 3 is 2.39 bits per heavy atom. The van der Waals surface area contributed by atoms with Gasteiger partial charge in [0.2, 0.25) is 0 Å². The van der Waals surface area contributed by atoms with E-state index < -0.39 is 24.7 Å². The predicted molar refractivity (Wildman–Crippen MR) is 66.9 cm³/mol. The smallest absolute Gasteiger partial charge is 0.323 e. The molecule has 0 aromatic carbocycles. The van der Waals surface area contributed by atoms with Gasteiger partial charge in [-0.3, -0.25) is 9.63 Å². The lowest BCUT2D eigenvalue weighted by Gasteiger charge is -2.29. The van der Waals surface area contributed by atoms with Gasteiger partial charge in [0.05, 0.1) is 13.2 Å². The molecule has 0 radical (unpaired) electrons. The van der Waals surface area contributed by atoms with Gasteiger partial charge in [-0.05, 0) is 18.8 Å².